The lowest BCUT2D eigenvalue weighted by atomic mass is 10.1. The summed E-state index contributed by atoms with van der Waals surface area (Å²) in [6.45, 7) is 13.1. The molecule has 0 saturated heterocycles. The van der Waals surface area contributed by atoms with Crippen molar-refractivity contribution in [2.24, 2.45) is 5.92 Å². The van der Waals surface area contributed by atoms with Gasteiger partial charge in [0, 0.05) is 25.3 Å². The molecule has 1 aromatic rings. The maximum atomic E-state index is 4.94. The molecular formula is C18H31N3. The number of nitrogens with one attached hydrogen (secondary N) is 1. The summed E-state index contributed by atoms with van der Waals surface area (Å²) in [7, 11) is 0. The predicted molar refractivity (Wildman–Crippen MR) is 90.9 cm³/mol. The fourth-order valence-electron chi connectivity index (χ4n) is 2.60. The first-order chi connectivity index (χ1) is 10.1. The van der Waals surface area contributed by atoms with E-state index in [1.54, 1.807) is 0 Å². The van der Waals surface area contributed by atoms with E-state index in [4.69, 9.17) is 4.98 Å². The second kappa shape index (κ2) is 7.79. The van der Waals surface area contributed by atoms with Crippen molar-refractivity contribution in [1.82, 2.24) is 10.3 Å². The van der Waals surface area contributed by atoms with Crippen LogP contribution >= 0.6 is 0 Å². The van der Waals surface area contributed by atoms with Gasteiger partial charge >= 0.3 is 0 Å². The zero-order chi connectivity index (χ0) is 15.2. The SMILES string of the molecule is CCCN(CC1CC1)c1cc(CNCC)cc(C(C)C)n1. The van der Waals surface area contributed by atoms with Gasteiger partial charge in [0.25, 0.3) is 0 Å². The van der Waals surface area contributed by atoms with E-state index in [1.165, 1.54) is 42.9 Å². The molecule has 1 aliphatic rings. The van der Waals surface area contributed by atoms with Crippen LogP contribution in [0.2, 0.25) is 0 Å². The van der Waals surface area contributed by atoms with Gasteiger partial charge in [-0.3, -0.25) is 0 Å². The summed E-state index contributed by atoms with van der Waals surface area (Å²) in [6.07, 6.45) is 3.98. The molecule has 0 aromatic carbocycles. The summed E-state index contributed by atoms with van der Waals surface area (Å²) in [4.78, 5) is 7.44. The molecule has 1 fully saturated rings. The summed E-state index contributed by atoms with van der Waals surface area (Å²) in [5, 5.41) is 3.44. The lowest BCUT2D eigenvalue weighted by Gasteiger charge is -2.25. The lowest BCUT2D eigenvalue weighted by Crippen LogP contribution is -2.28. The number of anilines is 1. The second-order valence-corrected chi connectivity index (χ2v) is 6.58. The Labute approximate surface area is 130 Å². The Balaban J connectivity index is 2.22. The Kier molecular flexibility index (Phi) is 6.04. The fraction of sp³-hybridized carbons (Fsp3) is 0.722. The van der Waals surface area contributed by atoms with E-state index >= 15 is 0 Å². The Morgan fingerprint density at radius 1 is 1.29 bits per heavy atom. The molecule has 0 aliphatic heterocycles. The number of rotatable bonds is 9. The van der Waals surface area contributed by atoms with Crippen molar-refractivity contribution < 1.29 is 0 Å². The van der Waals surface area contributed by atoms with Crippen molar-refractivity contribution in [1.29, 1.82) is 0 Å². The van der Waals surface area contributed by atoms with Crippen molar-refractivity contribution in [3.63, 3.8) is 0 Å². The number of hydrogen-bond acceptors (Lipinski definition) is 3. The first-order valence-corrected chi connectivity index (χ1v) is 8.60. The highest BCUT2D eigenvalue weighted by atomic mass is 15.2. The lowest BCUT2D eigenvalue weighted by molar-refractivity contribution is 0.686. The third-order valence-electron chi connectivity index (χ3n) is 4.06. The van der Waals surface area contributed by atoms with E-state index in [0.717, 1.165) is 25.6 Å². The van der Waals surface area contributed by atoms with Crippen molar-refractivity contribution in [3.05, 3.63) is 23.4 Å². The van der Waals surface area contributed by atoms with Gasteiger partial charge in [-0.2, -0.15) is 0 Å². The van der Waals surface area contributed by atoms with Crippen molar-refractivity contribution in [2.75, 3.05) is 24.5 Å². The van der Waals surface area contributed by atoms with E-state index in [2.05, 4.69) is 50.0 Å². The molecule has 3 nitrogen and oxygen atoms in total. The molecule has 1 saturated carbocycles. The maximum Gasteiger partial charge on any atom is 0.129 e. The standard InChI is InChI=1S/C18H31N3/c1-5-9-21(13-15-7-8-15)18-11-16(12-19-6-2)10-17(20-18)14(3)4/h10-11,14-15,19H,5-9,12-13H2,1-4H3. The highest BCUT2D eigenvalue weighted by molar-refractivity contribution is 5.43. The molecule has 0 amide bonds. The topological polar surface area (TPSA) is 28.2 Å². The number of nitrogens with zero attached hydrogens (tertiary/aromatic N) is 2. The van der Waals surface area contributed by atoms with Crippen LogP contribution in [-0.4, -0.2) is 24.6 Å². The molecule has 0 bridgehead atoms. The number of pyridine rings is 1. The minimum atomic E-state index is 0.481. The summed E-state index contributed by atoms with van der Waals surface area (Å²) in [6, 6.07) is 4.55. The average Bonchev–Trinajstić information content (AvgIpc) is 3.28. The Morgan fingerprint density at radius 2 is 2.05 bits per heavy atom. The highest BCUT2D eigenvalue weighted by Crippen LogP contribution is 2.31. The Bertz CT molecular complexity index is 438. The zero-order valence-electron chi connectivity index (χ0n) is 14.2. The van der Waals surface area contributed by atoms with Crippen molar-refractivity contribution >= 4 is 5.82 Å². The molecule has 21 heavy (non-hydrogen) atoms. The van der Waals surface area contributed by atoms with Crippen LogP contribution < -0.4 is 10.2 Å². The Hall–Kier alpha value is -1.09. The molecule has 1 aliphatic carbocycles. The van der Waals surface area contributed by atoms with Crippen LogP contribution in [0.3, 0.4) is 0 Å². The molecule has 0 atom stereocenters. The molecule has 1 aromatic heterocycles. The normalized spacial score (nSPS) is 14.7. The minimum absolute atomic E-state index is 0.481. The van der Waals surface area contributed by atoms with Crippen molar-refractivity contribution in [3.8, 4) is 0 Å². The summed E-state index contributed by atoms with van der Waals surface area (Å²) in [5.74, 6) is 2.57. The van der Waals surface area contributed by atoms with Crippen molar-refractivity contribution in [2.45, 2.75) is 59.4 Å². The van der Waals surface area contributed by atoms with Crippen LogP contribution in [0.15, 0.2) is 12.1 Å². The Morgan fingerprint density at radius 3 is 2.62 bits per heavy atom. The second-order valence-electron chi connectivity index (χ2n) is 6.58. The molecular weight excluding hydrogens is 258 g/mol. The minimum Gasteiger partial charge on any atom is -0.356 e. The van der Waals surface area contributed by atoms with Gasteiger partial charge in [0.2, 0.25) is 0 Å². The monoisotopic (exact) mass is 289 g/mol. The van der Waals surface area contributed by atoms with Crippen LogP contribution in [0.1, 0.15) is 64.1 Å². The first kappa shape index (κ1) is 16.3. The largest absolute Gasteiger partial charge is 0.356 e. The third-order valence-corrected chi connectivity index (χ3v) is 4.06. The van der Waals surface area contributed by atoms with Gasteiger partial charge < -0.3 is 10.2 Å². The smallest absolute Gasteiger partial charge is 0.129 e. The molecule has 1 heterocycles. The highest BCUT2D eigenvalue weighted by Gasteiger charge is 2.25. The molecule has 0 radical (unpaired) electrons. The summed E-state index contributed by atoms with van der Waals surface area (Å²) >= 11 is 0. The predicted octanol–water partition coefficient (Wildman–Crippen LogP) is 3.94. The van der Waals surface area contributed by atoms with Crippen LogP contribution in [0, 0.1) is 5.92 Å². The summed E-state index contributed by atoms with van der Waals surface area (Å²) in [5.41, 5.74) is 2.58. The molecule has 3 heteroatoms. The zero-order valence-corrected chi connectivity index (χ0v) is 14.2. The molecule has 0 unspecified atom stereocenters. The van der Waals surface area contributed by atoms with Gasteiger partial charge in [-0.1, -0.05) is 27.7 Å². The quantitative estimate of drug-likeness (QED) is 0.746. The maximum absolute atomic E-state index is 4.94. The third kappa shape index (κ3) is 4.99. The number of aromatic nitrogens is 1. The van der Waals surface area contributed by atoms with Crippen LogP contribution in [0.4, 0.5) is 5.82 Å². The van der Waals surface area contributed by atoms with E-state index in [1.807, 2.05) is 0 Å². The van der Waals surface area contributed by atoms with Gasteiger partial charge in [-0.15, -0.1) is 0 Å². The number of hydrogen-bond donors (Lipinski definition) is 1. The molecule has 0 spiro atoms. The molecule has 118 valence electrons. The van der Waals surface area contributed by atoms with E-state index < -0.39 is 0 Å². The van der Waals surface area contributed by atoms with Gasteiger partial charge in [-0.25, -0.2) is 4.98 Å². The van der Waals surface area contributed by atoms with Crippen LogP contribution in [0.5, 0.6) is 0 Å². The van der Waals surface area contributed by atoms with Crippen LogP contribution in [0.25, 0.3) is 0 Å². The summed E-state index contributed by atoms with van der Waals surface area (Å²) < 4.78 is 0. The fourth-order valence-corrected chi connectivity index (χ4v) is 2.60. The van der Waals surface area contributed by atoms with Gasteiger partial charge in [0.05, 0.1) is 0 Å². The van der Waals surface area contributed by atoms with Gasteiger partial charge in [0.1, 0.15) is 5.82 Å². The van der Waals surface area contributed by atoms with Crippen LogP contribution in [-0.2, 0) is 6.54 Å². The van der Waals surface area contributed by atoms with Gasteiger partial charge in [-0.05, 0) is 55.3 Å². The first-order valence-electron chi connectivity index (χ1n) is 8.60. The average molecular weight is 289 g/mol. The van der Waals surface area contributed by atoms with Gasteiger partial charge in [0.15, 0.2) is 0 Å². The van der Waals surface area contributed by atoms with E-state index in [0.29, 0.717) is 5.92 Å². The van der Waals surface area contributed by atoms with E-state index in [-0.39, 0.29) is 0 Å². The van der Waals surface area contributed by atoms with E-state index in [9.17, 15) is 0 Å². The molecule has 2 rings (SSSR count). The molecule has 1 N–H and O–H groups in total.